The van der Waals surface area contributed by atoms with Gasteiger partial charge < -0.3 is 10.1 Å². The van der Waals surface area contributed by atoms with E-state index in [0.29, 0.717) is 5.92 Å². The second kappa shape index (κ2) is 6.35. The zero-order valence-corrected chi connectivity index (χ0v) is 11.8. The molecule has 1 aliphatic carbocycles. The monoisotopic (exact) mass is 247 g/mol. The molecule has 1 aromatic carbocycles. The van der Waals surface area contributed by atoms with Gasteiger partial charge in [-0.05, 0) is 41.8 Å². The molecule has 1 N–H and O–H groups in total. The highest BCUT2D eigenvalue weighted by Crippen LogP contribution is 2.47. The predicted octanol–water partition coefficient (Wildman–Crippen LogP) is 3.15. The van der Waals surface area contributed by atoms with Crippen molar-refractivity contribution in [2.75, 3.05) is 26.8 Å². The number of methoxy groups -OCH3 is 1. The van der Waals surface area contributed by atoms with E-state index in [9.17, 15) is 0 Å². The Bertz CT molecular complexity index is 358. The third-order valence-corrected chi connectivity index (χ3v) is 3.84. The van der Waals surface area contributed by atoms with Crippen LogP contribution in [0.4, 0.5) is 0 Å². The fourth-order valence-electron chi connectivity index (χ4n) is 2.47. The van der Waals surface area contributed by atoms with Crippen LogP contribution in [0.25, 0.3) is 0 Å². The first-order valence-electron chi connectivity index (χ1n) is 7.02. The van der Waals surface area contributed by atoms with Crippen molar-refractivity contribution in [3.05, 3.63) is 35.4 Å². The SMILES string of the molecule is COCCNCC1CC1c1ccc(C(C)C)cc1. The first kappa shape index (κ1) is 13.6. The third kappa shape index (κ3) is 3.56. The minimum absolute atomic E-state index is 0.629. The van der Waals surface area contributed by atoms with Crippen LogP contribution >= 0.6 is 0 Å². The summed E-state index contributed by atoms with van der Waals surface area (Å²) in [4.78, 5) is 0. The molecule has 2 nitrogen and oxygen atoms in total. The highest BCUT2D eigenvalue weighted by atomic mass is 16.5. The highest BCUT2D eigenvalue weighted by Gasteiger charge is 2.37. The van der Waals surface area contributed by atoms with Gasteiger partial charge in [-0.3, -0.25) is 0 Å². The van der Waals surface area contributed by atoms with E-state index in [0.717, 1.165) is 31.5 Å². The van der Waals surface area contributed by atoms with Crippen LogP contribution in [0.2, 0.25) is 0 Å². The van der Waals surface area contributed by atoms with Crippen LogP contribution in [0.3, 0.4) is 0 Å². The van der Waals surface area contributed by atoms with Gasteiger partial charge in [-0.1, -0.05) is 38.1 Å². The maximum Gasteiger partial charge on any atom is 0.0587 e. The second-order valence-corrected chi connectivity index (χ2v) is 5.62. The summed E-state index contributed by atoms with van der Waals surface area (Å²) in [7, 11) is 1.75. The van der Waals surface area contributed by atoms with Crippen molar-refractivity contribution in [1.29, 1.82) is 0 Å². The number of ether oxygens (including phenoxy) is 1. The molecule has 0 bridgehead atoms. The van der Waals surface area contributed by atoms with E-state index < -0.39 is 0 Å². The largest absolute Gasteiger partial charge is 0.383 e. The van der Waals surface area contributed by atoms with Crippen LogP contribution in [0, 0.1) is 5.92 Å². The molecule has 0 amide bonds. The summed E-state index contributed by atoms with van der Waals surface area (Å²) >= 11 is 0. The zero-order valence-electron chi connectivity index (χ0n) is 11.8. The summed E-state index contributed by atoms with van der Waals surface area (Å²) in [5.74, 6) is 2.23. The molecule has 2 unspecified atom stereocenters. The van der Waals surface area contributed by atoms with Crippen LogP contribution in [-0.2, 0) is 4.74 Å². The fourth-order valence-corrected chi connectivity index (χ4v) is 2.47. The third-order valence-electron chi connectivity index (χ3n) is 3.84. The molecule has 1 fully saturated rings. The summed E-state index contributed by atoms with van der Waals surface area (Å²) in [5, 5.41) is 3.45. The lowest BCUT2D eigenvalue weighted by molar-refractivity contribution is 0.199. The maximum atomic E-state index is 5.03. The number of hydrogen-bond donors (Lipinski definition) is 1. The van der Waals surface area contributed by atoms with E-state index in [1.165, 1.54) is 17.5 Å². The van der Waals surface area contributed by atoms with Gasteiger partial charge in [0, 0.05) is 13.7 Å². The Morgan fingerprint density at radius 3 is 2.61 bits per heavy atom. The molecule has 100 valence electrons. The zero-order chi connectivity index (χ0) is 13.0. The standard InChI is InChI=1S/C16H25NO/c1-12(2)13-4-6-14(7-5-13)16-10-15(16)11-17-8-9-18-3/h4-7,12,15-17H,8-11H2,1-3H3. The minimum Gasteiger partial charge on any atom is -0.383 e. The van der Waals surface area contributed by atoms with Crippen molar-refractivity contribution in [3.8, 4) is 0 Å². The van der Waals surface area contributed by atoms with Gasteiger partial charge in [-0.15, -0.1) is 0 Å². The second-order valence-electron chi connectivity index (χ2n) is 5.62. The topological polar surface area (TPSA) is 21.3 Å². The Morgan fingerprint density at radius 1 is 1.28 bits per heavy atom. The minimum atomic E-state index is 0.629. The van der Waals surface area contributed by atoms with Crippen molar-refractivity contribution < 1.29 is 4.74 Å². The van der Waals surface area contributed by atoms with Crippen LogP contribution in [0.15, 0.2) is 24.3 Å². The lowest BCUT2D eigenvalue weighted by Gasteiger charge is -2.07. The van der Waals surface area contributed by atoms with Gasteiger partial charge in [0.1, 0.15) is 0 Å². The number of nitrogens with one attached hydrogen (secondary N) is 1. The van der Waals surface area contributed by atoms with Crippen molar-refractivity contribution in [1.82, 2.24) is 5.32 Å². The van der Waals surface area contributed by atoms with Gasteiger partial charge in [0.2, 0.25) is 0 Å². The molecule has 2 rings (SSSR count). The fraction of sp³-hybridized carbons (Fsp3) is 0.625. The highest BCUT2D eigenvalue weighted by molar-refractivity contribution is 5.30. The molecule has 2 heteroatoms. The van der Waals surface area contributed by atoms with E-state index >= 15 is 0 Å². The van der Waals surface area contributed by atoms with Gasteiger partial charge in [-0.2, -0.15) is 0 Å². The lowest BCUT2D eigenvalue weighted by atomic mass is 10.00. The first-order chi connectivity index (χ1) is 8.72. The average Bonchev–Trinajstić information content (AvgIpc) is 3.14. The summed E-state index contributed by atoms with van der Waals surface area (Å²) in [6, 6.07) is 9.20. The smallest absolute Gasteiger partial charge is 0.0587 e. The Kier molecular flexibility index (Phi) is 4.79. The molecule has 1 aromatic rings. The molecular formula is C16H25NO. The van der Waals surface area contributed by atoms with E-state index in [2.05, 4.69) is 43.4 Å². The van der Waals surface area contributed by atoms with Gasteiger partial charge in [-0.25, -0.2) is 0 Å². The Morgan fingerprint density at radius 2 is 2.00 bits per heavy atom. The van der Waals surface area contributed by atoms with Crippen LogP contribution in [-0.4, -0.2) is 26.8 Å². The van der Waals surface area contributed by atoms with Gasteiger partial charge >= 0.3 is 0 Å². The van der Waals surface area contributed by atoms with Crippen molar-refractivity contribution >= 4 is 0 Å². The molecule has 0 aromatic heterocycles. The van der Waals surface area contributed by atoms with Gasteiger partial charge in [0.05, 0.1) is 6.61 Å². The van der Waals surface area contributed by atoms with E-state index in [4.69, 9.17) is 4.74 Å². The molecular weight excluding hydrogens is 222 g/mol. The number of rotatable bonds is 7. The Labute approximate surface area is 111 Å². The van der Waals surface area contributed by atoms with Gasteiger partial charge in [0.15, 0.2) is 0 Å². The van der Waals surface area contributed by atoms with Crippen LogP contribution < -0.4 is 5.32 Å². The molecule has 1 aliphatic rings. The van der Waals surface area contributed by atoms with Crippen molar-refractivity contribution in [3.63, 3.8) is 0 Å². The molecule has 1 saturated carbocycles. The Hall–Kier alpha value is -0.860. The normalized spacial score (nSPS) is 22.4. The lowest BCUT2D eigenvalue weighted by Crippen LogP contribution is -2.21. The summed E-state index contributed by atoms with van der Waals surface area (Å²) in [6.07, 6.45) is 1.33. The van der Waals surface area contributed by atoms with E-state index in [-0.39, 0.29) is 0 Å². The van der Waals surface area contributed by atoms with Crippen LogP contribution in [0.1, 0.15) is 43.2 Å². The number of hydrogen-bond acceptors (Lipinski definition) is 2. The molecule has 0 spiro atoms. The average molecular weight is 247 g/mol. The first-order valence-corrected chi connectivity index (χ1v) is 7.02. The molecule has 0 radical (unpaired) electrons. The van der Waals surface area contributed by atoms with Crippen molar-refractivity contribution in [2.24, 2.45) is 5.92 Å². The summed E-state index contributed by atoms with van der Waals surface area (Å²) in [6.45, 7) is 7.38. The van der Waals surface area contributed by atoms with E-state index in [1.54, 1.807) is 7.11 Å². The Balaban J connectivity index is 1.77. The quantitative estimate of drug-likeness (QED) is 0.747. The summed E-state index contributed by atoms with van der Waals surface area (Å²) < 4.78 is 5.03. The van der Waals surface area contributed by atoms with E-state index in [1.807, 2.05) is 0 Å². The maximum absolute atomic E-state index is 5.03. The summed E-state index contributed by atoms with van der Waals surface area (Å²) in [5.41, 5.74) is 2.95. The molecule has 2 atom stereocenters. The van der Waals surface area contributed by atoms with Crippen LogP contribution in [0.5, 0.6) is 0 Å². The molecule has 18 heavy (non-hydrogen) atoms. The van der Waals surface area contributed by atoms with Gasteiger partial charge in [0.25, 0.3) is 0 Å². The molecule has 0 heterocycles. The van der Waals surface area contributed by atoms with Crippen molar-refractivity contribution in [2.45, 2.75) is 32.1 Å². The predicted molar refractivity (Wildman–Crippen MR) is 76.1 cm³/mol. The molecule has 0 aliphatic heterocycles. The number of benzene rings is 1. The molecule has 0 saturated heterocycles.